The Morgan fingerprint density at radius 2 is 1.88 bits per heavy atom. The Bertz CT molecular complexity index is 491. The summed E-state index contributed by atoms with van der Waals surface area (Å²) in [6.45, 7) is 5.47. The molecule has 2 nitrogen and oxygen atoms in total. The Balaban J connectivity index is 2.40. The van der Waals surface area contributed by atoms with E-state index in [0.29, 0.717) is 11.8 Å². The molecule has 0 aliphatic rings. The maximum Gasteiger partial charge on any atom is 0.0705 e. The van der Waals surface area contributed by atoms with Gasteiger partial charge in [-0.15, -0.1) is 0 Å². The van der Waals surface area contributed by atoms with Crippen LogP contribution in [-0.4, -0.2) is 18.6 Å². The Labute approximate surface area is 103 Å². The number of fused-ring (bicyclic) bond motifs is 1. The maximum absolute atomic E-state index is 4.78. The highest BCUT2D eigenvalue weighted by Crippen LogP contribution is 2.24. The van der Waals surface area contributed by atoms with Gasteiger partial charge in [-0.2, -0.15) is 0 Å². The van der Waals surface area contributed by atoms with E-state index in [-0.39, 0.29) is 0 Å². The number of para-hydroxylation sites is 1. The first-order valence-corrected chi connectivity index (χ1v) is 6.22. The molecule has 90 valence electrons. The summed E-state index contributed by atoms with van der Waals surface area (Å²) in [4.78, 5) is 4.78. The predicted octanol–water partition coefficient (Wildman–Crippen LogP) is 3.19. The molecular weight excluding hydrogens is 208 g/mol. The van der Waals surface area contributed by atoms with E-state index < -0.39 is 0 Å². The van der Waals surface area contributed by atoms with Crippen molar-refractivity contribution in [3.05, 3.63) is 42.1 Å². The summed E-state index contributed by atoms with van der Waals surface area (Å²) in [7, 11) is 2.00. The zero-order valence-corrected chi connectivity index (χ0v) is 10.8. The number of aromatic nitrogens is 1. The van der Waals surface area contributed by atoms with Crippen molar-refractivity contribution in [2.24, 2.45) is 5.92 Å². The molecule has 0 aliphatic carbocycles. The van der Waals surface area contributed by atoms with Crippen molar-refractivity contribution in [3.8, 4) is 0 Å². The summed E-state index contributed by atoms with van der Waals surface area (Å²) >= 11 is 0. The number of pyridine rings is 1. The van der Waals surface area contributed by atoms with Crippen LogP contribution in [0.2, 0.25) is 0 Å². The highest BCUT2D eigenvalue weighted by atomic mass is 14.8. The van der Waals surface area contributed by atoms with Gasteiger partial charge in [0.25, 0.3) is 0 Å². The molecule has 1 N–H and O–H groups in total. The molecule has 0 bridgehead atoms. The van der Waals surface area contributed by atoms with E-state index in [4.69, 9.17) is 4.98 Å². The van der Waals surface area contributed by atoms with Gasteiger partial charge in [0.05, 0.1) is 5.52 Å². The van der Waals surface area contributed by atoms with Crippen molar-refractivity contribution in [3.63, 3.8) is 0 Å². The van der Waals surface area contributed by atoms with Gasteiger partial charge in [0.2, 0.25) is 0 Å². The van der Waals surface area contributed by atoms with Crippen molar-refractivity contribution < 1.29 is 0 Å². The zero-order valence-electron chi connectivity index (χ0n) is 10.8. The van der Waals surface area contributed by atoms with Gasteiger partial charge >= 0.3 is 0 Å². The topological polar surface area (TPSA) is 24.9 Å². The van der Waals surface area contributed by atoms with E-state index >= 15 is 0 Å². The van der Waals surface area contributed by atoms with Crippen LogP contribution in [-0.2, 0) is 0 Å². The molecule has 2 aromatic rings. The predicted molar refractivity (Wildman–Crippen MR) is 73.2 cm³/mol. The van der Waals surface area contributed by atoms with Crippen LogP contribution in [0, 0.1) is 5.92 Å². The van der Waals surface area contributed by atoms with Gasteiger partial charge in [-0.05, 0) is 25.1 Å². The smallest absolute Gasteiger partial charge is 0.0705 e. The number of hydrogen-bond donors (Lipinski definition) is 1. The fourth-order valence-corrected chi connectivity index (χ4v) is 2.19. The number of likely N-dealkylation sites (N-methyl/N-ethyl adjacent to an activating group) is 1. The molecule has 1 heterocycles. The molecule has 1 unspecified atom stereocenters. The van der Waals surface area contributed by atoms with Crippen molar-refractivity contribution in [1.29, 1.82) is 0 Å². The second-order valence-electron chi connectivity index (χ2n) is 4.84. The summed E-state index contributed by atoms with van der Waals surface area (Å²) in [5.41, 5.74) is 2.28. The fraction of sp³-hybridized carbons (Fsp3) is 0.400. The van der Waals surface area contributed by atoms with Crippen LogP contribution in [0.5, 0.6) is 0 Å². The van der Waals surface area contributed by atoms with E-state index in [1.54, 1.807) is 0 Å². The first-order chi connectivity index (χ1) is 8.22. The Morgan fingerprint density at radius 3 is 2.59 bits per heavy atom. The average Bonchev–Trinajstić information content (AvgIpc) is 2.35. The molecular formula is C15H20N2. The highest BCUT2D eigenvalue weighted by molar-refractivity contribution is 5.78. The van der Waals surface area contributed by atoms with Crippen molar-refractivity contribution in [2.45, 2.75) is 19.8 Å². The largest absolute Gasteiger partial charge is 0.319 e. The summed E-state index contributed by atoms with van der Waals surface area (Å²) < 4.78 is 0. The zero-order chi connectivity index (χ0) is 12.3. The average molecular weight is 228 g/mol. The van der Waals surface area contributed by atoms with Crippen LogP contribution in [0.3, 0.4) is 0 Å². The van der Waals surface area contributed by atoms with Crippen molar-refractivity contribution >= 4 is 10.9 Å². The molecule has 0 saturated heterocycles. The quantitative estimate of drug-likeness (QED) is 0.869. The van der Waals surface area contributed by atoms with Crippen LogP contribution in [0.15, 0.2) is 36.4 Å². The van der Waals surface area contributed by atoms with Gasteiger partial charge in [-0.25, -0.2) is 0 Å². The number of nitrogens with one attached hydrogen (secondary N) is 1. The van der Waals surface area contributed by atoms with Gasteiger partial charge in [0, 0.05) is 23.5 Å². The van der Waals surface area contributed by atoms with Crippen LogP contribution < -0.4 is 5.32 Å². The lowest BCUT2D eigenvalue weighted by molar-refractivity contribution is 0.470. The molecule has 0 aliphatic heterocycles. The second kappa shape index (κ2) is 5.28. The minimum Gasteiger partial charge on any atom is -0.319 e. The van der Waals surface area contributed by atoms with Crippen molar-refractivity contribution in [2.75, 3.05) is 13.6 Å². The molecule has 1 aromatic carbocycles. The third-order valence-electron chi connectivity index (χ3n) is 3.23. The summed E-state index contributed by atoms with van der Waals surface area (Å²) in [6.07, 6.45) is 0. The maximum atomic E-state index is 4.78. The Kier molecular flexibility index (Phi) is 3.75. The standard InChI is InChI=1S/C15H20N2/c1-11(2)13(10-16-3)15-9-8-12-6-4-5-7-14(12)17-15/h4-9,11,13,16H,10H2,1-3H3. The van der Waals surface area contributed by atoms with E-state index in [0.717, 1.165) is 12.1 Å². The minimum absolute atomic E-state index is 0.476. The van der Waals surface area contributed by atoms with E-state index in [1.807, 2.05) is 13.1 Å². The van der Waals surface area contributed by atoms with Crippen molar-refractivity contribution in [1.82, 2.24) is 10.3 Å². The highest BCUT2D eigenvalue weighted by Gasteiger charge is 2.16. The molecule has 0 amide bonds. The van der Waals surface area contributed by atoms with E-state index in [9.17, 15) is 0 Å². The van der Waals surface area contributed by atoms with Crippen LogP contribution in [0.25, 0.3) is 10.9 Å². The van der Waals surface area contributed by atoms with Gasteiger partial charge in [-0.3, -0.25) is 4.98 Å². The van der Waals surface area contributed by atoms with Crippen LogP contribution in [0.1, 0.15) is 25.5 Å². The third kappa shape index (κ3) is 2.64. The molecule has 0 spiro atoms. The monoisotopic (exact) mass is 228 g/mol. The molecule has 0 saturated carbocycles. The number of rotatable bonds is 4. The lowest BCUT2D eigenvalue weighted by atomic mass is 9.91. The first kappa shape index (κ1) is 12.1. The number of hydrogen-bond acceptors (Lipinski definition) is 2. The fourth-order valence-electron chi connectivity index (χ4n) is 2.19. The number of nitrogens with zero attached hydrogens (tertiary/aromatic N) is 1. The summed E-state index contributed by atoms with van der Waals surface area (Å²) in [5, 5.41) is 4.47. The summed E-state index contributed by atoms with van der Waals surface area (Å²) in [6, 6.07) is 12.6. The van der Waals surface area contributed by atoms with Gasteiger partial charge in [-0.1, -0.05) is 38.1 Å². The van der Waals surface area contributed by atoms with E-state index in [1.165, 1.54) is 11.1 Å². The lowest BCUT2D eigenvalue weighted by Gasteiger charge is -2.20. The molecule has 1 atom stereocenters. The molecule has 2 rings (SSSR count). The SMILES string of the molecule is CNCC(c1ccc2ccccc2n1)C(C)C. The lowest BCUT2D eigenvalue weighted by Crippen LogP contribution is -2.22. The summed E-state index contributed by atoms with van der Waals surface area (Å²) in [5.74, 6) is 1.07. The van der Waals surface area contributed by atoms with Gasteiger partial charge in [0.1, 0.15) is 0 Å². The van der Waals surface area contributed by atoms with Gasteiger partial charge < -0.3 is 5.32 Å². The minimum atomic E-state index is 0.476. The van der Waals surface area contributed by atoms with Crippen LogP contribution >= 0.6 is 0 Å². The molecule has 0 fully saturated rings. The molecule has 0 radical (unpaired) electrons. The Hall–Kier alpha value is -1.41. The third-order valence-corrected chi connectivity index (χ3v) is 3.23. The molecule has 2 heteroatoms. The van der Waals surface area contributed by atoms with E-state index in [2.05, 4.69) is 49.5 Å². The second-order valence-corrected chi connectivity index (χ2v) is 4.84. The number of benzene rings is 1. The molecule has 17 heavy (non-hydrogen) atoms. The van der Waals surface area contributed by atoms with Crippen LogP contribution in [0.4, 0.5) is 0 Å². The normalized spacial score (nSPS) is 13.2. The first-order valence-electron chi connectivity index (χ1n) is 6.22. The molecule has 1 aromatic heterocycles. The Morgan fingerprint density at radius 1 is 1.12 bits per heavy atom. The van der Waals surface area contributed by atoms with Gasteiger partial charge in [0.15, 0.2) is 0 Å².